The SMILES string of the molecule is O=C(OCCOCCO[N+](=O)[O-])OCOC(=O)C1=Cc2cc(S(F)(F)(F)(F)F)ccc2O[C@@H]1C(F)(F)F. The zero-order valence-electron chi connectivity index (χ0n) is 17.9. The van der Waals surface area contributed by atoms with Crippen molar-refractivity contribution in [2.75, 3.05) is 33.2 Å². The van der Waals surface area contributed by atoms with Crippen LogP contribution in [0.3, 0.4) is 0 Å². The summed E-state index contributed by atoms with van der Waals surface area (Å²) < 4.78 is 128. The third-order valence-electron chi connectivity index (χ3n) is 4.04. The standard InChI is InChI=1S/C17H15F8NO10S/c18-17(19,20)14-12(8-10-7-11(1-2-13(10)36-14)37(21,22,23,24)25)15(27)33-9-34-16(28)32-5-3-31-4-6-35-26(29)30/h1-2,7-8,14H,3-6,9H2/t14-/m0/s1. The van der Waals surface area contributed by atoms with Crippen LogP contribution >= 0.6 is 10.2 Å². The summed E-state index contributed by atoms with van der Waals surface area (Å²) >= 11 is 0. The van der Waals surface area contributed by atoms with E-state index in [0.29, 0.717) is 0 Å². The molecule has 20 heteroatoms. The van der Waals surface area contributed by atoms with Crippen LogP contribution in [0.5, 0.6) is 5.75 Å². The minimum Gasteiger partial charge on any atom is -0.475 e. The normalized spacial score (nSPS) is 17.2. The Kier molecular flexibility index (Phi) is 8.08. The molecular formula is C17H15F8NO10S. The molecule has 0 spiro atoms. The summed E-state index contributed by atoms with van der Waals surface area (Å²) in [6.07, 6.45) is -9.58. The van der Waals surface area contributed by atoms with Gasteiger partial charge in [0.1, 0.15) is 23.9 Å². The zero-order chi connectivity index (χ0) is 28.1. The zero-order valence-corrected chi connectivity index (χ0v) is 18.7. The molecule has 11 nitrogen and oxygen atoms in total. The van der Waals surface area contributed by atoms with E-state index >= 15 is 0 Å². The number of fused-ring (bicyclic) bond motifs is 1. The lowest BCUT2D eigenvalue weighted by Gasteiger charge is -2.41. The van der Waals surface area contributed by atoms with E-state index in [1.54, 1.807) is 0 Å². The number of rotatable bonds is 11. The fourth-order valence-electron chi connectivity index (χ4n) is 2.54. The highest BCUT2D eigenvalue weighted by Gasteiger charge is 2.65. The van der Waals surface area contributed by atoms with Gasteiger partial charge in [-0.1, -0.05) is 19.4 Å². The van der Waals surface area contributed by atoms with Crippen LogP contribution in [0, 0.1) is 10.1 Å². The number of carbonyl (C=O) groups excluding carboxylic acids is 2. The van der Waals surface area contributed by atoms with Crippen LogP contribution in [0.4, 0.5) is 37.4 Å². The molecule has 0 N–H and O–H groups in total. The van der Waals surface area contributed by atoms with Gasteiger partial charge in [-0.2, -0.15) is 13.2 Å². The summed E-state index contributed by atoms with van der Waals surface area (Å²) in [7, 11) is -10.2. The molecular weight excluding hydrogens is 562 g/mol. The Morgan fingerprint density at radius 3 is 2.24 bits per heavy atom. The van der Waals surface area contributed by atoms with Crippen LogP contribution in [-0.4, -0.2) is 62.7 Å². The molecule has 0 saturated carbocycles. The van der Waals surface area contributed by atoms with Crippen molar-refractivity contribution >= 4 is 28.4 Å². The average Bonchev–Trinajstić information content (AvgIpc) is 2.74. The van der Waals surface area contributed by atoms with Crippen molar-refractivity contribution in [1.82, 2.24) is 0 Å². The van der Waals surface area contributed by atoms with E-state index in [1.807, 2.05) is 0 Å². The van der Waals surface area contributed by atoms with E-state index in [1.165, 1.54) is 0 Å². The minimum atomic E-state index is -10.2. The molecule has 210 valence electrons. The lowest BCUT2D eigenvalue weighted by molar-refractivity contribution is -0.758. The lowest BCUT2D eigenvalue weighted by atomic mass is 10.0. The molecule has 0 aromatic heterocycles. The van der Waals surface area contributed by atoms with Gasteiger partial charge in [0.15, 0.2) is 0 Å². The molecule has 1 aliphatic rings. The molecule has 0 saturated heterocycles. The third-order valence-corrected chi connectivity index (χ3v) is 5.18. The summed E-state index contributed by atoms with van der Waals surface area (Å²) in [6.45, 7) is -2.67. The largest absolute Gasteiger partial charge is 0.511 e. The van der Waals surface area contributed by atoms with Crippen LogP contribution in [0.1, 0.15) is 5.56 Å². The molecule has 1 atom stereocenters. The highest BCUT2D eigenvalue weighted by molar-refractivity contribution is 8.45. The number of benzene rings is 1. The molecule has 0 radical (unpaired) electrons. The second-order valence-electron chi connectivity index (χ2n) is 6.77. The molecule has 1 aliphatic heterocycles. The molecule has 0 amide bonds. The Balaban J connectivity index is 2.00. The quantitative estimate of drug-likeness (QED) is 0.0891. The van der Waals surface area contributed by atoms with Gasteiger partial charge in [0.2, 0.25) is 12.9 Å². The van der Waals surface area contributed by atoms with Crippen LogP contribution in [0.2, 0.25) is 0 Å². The molecule has 37 heavy (non-hydrogen) atoms. The Hall–Kier alpha value is -3.55. The van der Waals surface area contributed by atoms with Crippen molar-refractivity contribution < 1.29 is 75.8 Å². The number of ether oxygens (including phenoxy) is 5. The second-order valence-corrected chi connectivity index (χ2v) is 9.18. The van der Waals surface area contributed by atoms with Crippen LogP contribution in [0.15, 0.2) is 28.7 Å². The van der Waals surface area contributed by atoms with Gasteiger partial charge in [-0.3, -0.25) is 0 Å². The molecule has 1 aromatic carbocycles. The molecule has 0 fully saturated rings. The summed E-state index contributed by atoms with van der Waals surface area (Å²) in [5.41, 5.74) is -2.33. The number of nitrogens with zero attached hydrogens (tertiary/aromatic N) is 1. The number of hydrogen-bond acceptors (Lipinski definition) is 10. The maximum Gasteiger partial charge on any atom is 0.511 e. The fraction of sp³-hybridized carbons (Fsp3) is 0.412. The van der Waals surface area contributed by atoms with Crippen LogP contribution in [-0.2, 0) is 28.6 Å². The van der Waals surface area contributed by atoms with Crippen molar-refractivity contribution in [1.29, 1.82) is 0 Å². The summed E-state index contributed by atoms with van der Waals surface area (Å²) in [5, 5.41) is 8.83. The lowest BCUT2D eigenvalue weighted by Crippen LogP contribution is -2.41. The van der Waals surface area contributed by atoms with E-state index in [2.05, 4.69) is 23.8 Å². The number of esters is 1. The Bertz CT molecular complexity index is 1080. The first kappa shape index (κ1) is 29.7. The summed E-state index contributed by atoms with van der Waals surface area (Å²) in [5.74, 6) is -2.72. The second kappa shape index (κ2) is 10.1. The number of alkyl halides is 3. The Morgan fingerprint density at radius 1 is 1.00 bits per heavy atom. The van der Waals surface area contributed by atoms with Crippen molar-refractivity contribution in [2.45, 2.75) is 17.2 Å². The smallest absolute Gasteiger partial charge is 0.475 e. The first-order chi connectivity index (χ1) is 16.8. The Morgan fingerprint density at radius 2 is 1.65 bits per heavy atom. The van der Waals surface area contributed by atoms with Crippen molar-refractivity contribution in [2.24, 2.45) is 0 Å². The molecule has 0 aliphatic carbocycles. The predicted octanol–water partition coefficient (Wildman–Crippen LogP) is 4.93. The maximum atomic E-state index is 13.4. The number of hydrogen-bond donors (Lipinski definition) is 0. The average molecular weight is 577 g/mol. The van der Waals surface area contributed by atoms with Crippen molar-refractivity contribution in [3.8, 4) is 5.75 Å². The van der Waals surface area contributed by atoms with Crippen molar-refractivity contribution in [3.63, 3.8) is 0 Å². The molecule has 1 heterocycles. The highest BCUT2D eigenvalue weighted by atomic mass is 32.5. The van der Waals surface area contributed by atoms with Gasteiger partial charge in [-0.05, 0) is 24.3 Å². The van der Waals surface area contributed by atoms with E-state index in [4.69, 9.17) is 4.74 Å². The first-order valence-electron chi connectivity index (χ1n) is 9.43. The van der Waals surface area contributed by atoms with Crippen LogP contribution in [0.25, 0.3) is 6.08 Å². The summed E-state index contributed by atoms with van der Waals surface area (Å²) in [4.78, 5) is 34.9. The van der Waals surface area contributed by atoms with E-state index in [-0.39, 0.29) is 37.5 Å². The van der Waals surface area contributed by atoms with Gasteiger partial charge in [0.25, 0.3) is 5.09 Å². The van der Waals surface area contributed by atoms with Gasteiger partial charge >= 0.3 is 28.5 Å². The van der Waals surface area contributed by atoms with E-state index in [0.717, 1.165) is 0 Å². The first-order valence-corrected chi connectivity index (χ1v) is 11.4. The Labute approximate surface area is 200 Å². The van der Waals surface area contributed by atoms with Gasteiger partial charge in [-0.15, -0.1) is 10.1 Å². The summed E-state index contributed by atoms with van der Waals surface area (Å²) in [6, 6.07) is -0.0931. The number of halogens is 8. The van der Waals surface area contributed by atoms with Crippen LogP contribution < -0.4 is 4.74 Å². The van der Waals surface area contributed by atoms with E-state index in [9.17, 15) is 52.3 Å². The molecule has 0 bridgehead atoms. The fourth-order valence-corrected chi connectivity index (χ4v) is 3.22. The maximum absolute atomic E-state index is 13.4. The predicted molar refractivity (Wildman–Crippen MR) is 103 cm³/mol. The van der Waals surface area contributed by atoms with Gasteiger partial charge in [0.05, 0.1) is 18.8 Å². The van der Waals surface area contributed by atoms with Gasteiger partial charge in [0, 0.05) is 5.56 Å². The molecule has 2 rings (SSSR count). The monoisotopic (exact) mass is 577 g/mol. The third kappa shape index (κ3) is 9.12. The van der Waals surface area contributed by atoms with Gasteiger partial charge < -0.3 is 28.5 Å². The van der Waals surface area contributed by atoms with E-state index < -0.39 is 81.5 Å². The molecule has 1 aromatic rings. The number of carbonyl (C=O) groups is 2. The topological polar surface area (TPSA) is 133 Å². The highest BCUT2D eigenvalue weighted by Crippen LogP contribution is 3.02. The molecule has 0 unspecified atom stereocenters. The minimum absolute atomic E-state index is 0.157. The van der Waals surface area contributed by atoms with Gasteiger partial charge in [-0.25, -0.2) is 9.59 Å². The van der Waals surface area contributed by atoms with Crippen molar-refractivity contribution in [3.05, 3.63) is 39.4 Å².